The molecule has 1 aromatic carbocycles. The van der Waals surface area contributed by atoms with E-state index in [4.69, 9.17) is 14.8 Å². The Balaban J connectivity index is 1.67. The maximum Gasteiger partial charge on any atom is 0.226 e. The topological polar surface area (TPSA) is 86.9 Å². The molecule has 4 aromatic rings. The summed E-state index contributed by atoms with van der Waals surface area (Å²) in [5, 5.41) is 12.8. The molecule has 8 nitrogen and oxygen atoms in total. The number of anilines is 1. The van der Waals surface area contributed by atoms with Crippen LogP contribution in [0.5, 0.6) is 5.75 Å². The number of amides is 1. The van der Waals surface area contributed by atoms with E-state index in [0.717, 1.165) is 38.5 Å². The molecule has 148 valence electrons. The number of methoxy groups -OCH3 is 1. The van der Waals surface area contributed by atoms with Gasteiger partial charge in [0.2, 0.25) is 11.0 Å². The van der Waals surface area contributed by atoms with E-state index in [2.05, 4.69) is 10.4 Å². The first-order valence-electron chi connectivity index (χ1n) is 9.29. The van der Waals surface area contributed by atoms with Crippen LogP contribution in [0, 0.1) is 13.8 Å². The third-order valence-corrected chi connectivity index (χ3v) is 6.51. The van der Waals surface area contributed by atoms with Gasteiger partial charge < -0.3 is 10.1 Å². The lowest BCUT2D eigenvalue weighted by molar-refractivity contribution is -0.116. The van der Waals surface area contributed by atoms with Crippen molar-refractivity contribution >= 4 is 33.3 Å². The molecule has 1 aliphatic rings. The standard InChI is InChI=1S/C20H20N6O2S/c1-10-18-13(14-9-21-25(3)11(14)2)8-17(27)23-19(18)26(24-10)20-22-15-6-5-12(28-4)7-16(15)29-20/h5-7,9,13H,8H2,1-4H3,(H,23,27)/t13-/m1/s1. The monoisotopic (exact) mass is 408 g/mol. The molecule has 1 atom stereocenters. The van der Waals surface area contributed by atoms with Crippen molar-refractivity contribution in [3.8, 4) is 10.9 Å². The third kappa shape index (κ3) is 2.72. The van der Waals surface area contributed by atoms with Crippen molar-refractivity contribution in [1.82, 2.24) is 24.5 Å². The smallest absolute Gasteiger partial charge is 0.226 e. The molecule has 0 fully saturated rings. The van der Waals surface area contributed by atoms with Crippen LogP contribution in [-0.4, -0.2) is 37.6 Å². The first-order valence-corrected chi connectivity index (χ1v) is 10.1. The summed E-state index contributed by atoms with van der Waals surface area (Å²) in [6.45, 7) is 4.00. The predicted molar refractivity (Wildman–Crippen MR) is 111 cm³/mol. The van der Waals surface area contributed by atoms with E-state index in [0.29, 0.717) is 17.4 Å². The zero-order chi connectivity index (χ0) is 20.3. The second-order valence-corrected chi connectivity index (χ2v) is 8.21. The Morgan fingerprint density at radius 2 is 2.14 bits per heavy atom. The molecule has 1 N–H and O–H groups in total. The molecule has 0 unspecified atom stereocenters. The maximum absolute atomic E-state index is 12.6. The quantitative estimate of drug-likeness (QED) is 0.562. The minimum atomic E-state index is -0.0735. The highest BCUT2D eigenvalue weighted by molar-refractivity contribution is 7.20. The van der Waals surface area contributed by atoms with Crippen molar-refractivity contribution in [2.24, 2.45) is 7.05 Å². The van der Waals surface area contributed by atoms with Gasteiger partial charge in [0.25, 0.3) is 0 Å². The molecule has 5 rings (SSSR count). The number of nitrogens with one attached hydrogen (secondary N) is 1. The summed E-state index contributed by atoms with van der Waals surface area (Å²) in [4.78, 5) is 17.3. The van der Waals surface area contributed by atoms with Crippen LogP contribution in [0.3, 0.4) is 0 Å². The third-order valence-electron chi connectivity index (χ3n) is 5.52. The highest BCUT2D eigenvalue weighted by Gasteiger charge is 2.34. The van der Waals surface area contributed by atoms with E-state index in [9.17, 15) is 4.79 Å². The number of thiazole rings is 1. The second-order valence-electron chi connectivity index (χ2n) is 7.20. The summed E-state index contributed by atoms with van der Waals surface area (Å²) in [6, 6.07) is 5.77. The first kappa shape index (κ1) is 17.9. The molecule has 9 heteroatoms. The lowest BCUT2D eigenvalue weighted by Crippen LogP contribution is -2.25. The fraction of sp³-hybridized carbons (Fsp3) is 0.300. The maximum atomic E-state index is 12.6. The molecule has 29 heavy (non-hydrogen) atoms. The van der Waals surface area contributed by atoms with Crippen LogP contribution in [0.4, 0.5) is 5.82 Å². The van der Waals surface area contributed by atoms with E-state index in [1.165, 1.54) is 11.3 Å². The fourth-order valence-corrected chi connectivity index (χ4v) is 4.87. The zero-order valence-corrected chi connectivity index (χ0v) is 17.4. The molecule has 0 saturated carbocycles. The van der Waals surface area contributed by atoms with Crippen molar-refractivity contribution in [1.29, 1.82) is 0 Å². The SMILES string of the molecule is COc1ccc2nc(-n3nc(C)c4c3NC(=O)C[C@@H]4c3cnn(C)c3C)sc2c1. The molecule has 0 aliphatic carbocycles. The van der Waals surface area contributed by atoms with E-state index >= 15 is 0 Å². The van der Waals surface area contributed by atoms with E-state index in [1.807, 2.05) is 50.0 Å². The summed E-state index contributed by atoms with van der Waals surface area (Å²) in [6.07, 6.45) is 2.23. The van der Waals surface area contributed by atoms with Crippen LogP contribution in [-0.2, 0) is 11.8 Å². The van der Waals surface area contributed by atoms with Crippen molar-refractivity contribution in [2.75, 3.05) is 12.4 Å². The number of hydrogen-bond donors (Lipinski definition) is 1. The first-order chi connectivity index (χ1) is 14.0. The molecule has 0 saturated heterocycles. The largest absolute Gasteiger partial charge is 0.497 e. The van der Waals surface area contributed by atoms with Gasteiger partial charge in [-0.2, -0.15) is 14.9 Å². The number of fused-ring (bicyclic) bond motifs is 2. The number of aromatic nitrogens is 5. The van der Waals surface area contributed by atoms with E-state index < -0.39 is 0 Å². The fourth-order valence-electron chi connectivity index (χ4n) is 3.92. The summed E-state index contributed by atoms with van der Waals surface area (Å²) in [5.74, 6) is 1.37. The predicted octanol–water partition coefficient (Wildman–Crippen LogP) is 3.32. The molecular formula is C20H20N6O2S. The Bertz CT molecular complexity index is 1270. The number of rotatable bonds is 3. The van der Waals surface area contributed by atoms with Crippen molar-refractivity contribution in [2.45, 2.75) is 26.2 Å². The van der Waals surface area contributed by atoms with Crippen LogP contribution >= 0.6 is 11.3 Å². The zero-order valence-electron chi connectivity index (χ0n) is 16.6. The number of aryl methyl sites for hydroxylation is 2. The van der Waals surface area contributed by atoms with Gasteiger partial charge in [0.15, 0.2) is 0 Å². The summed E-state index contributed by atoms with van der Waals surface area (Å²) in [7, 11) is 3.56. The average Bonchev–Trinajstić information content (AvgIpc) is 3.37. The van der Waals surface area contributed by atoms with Gasteiger partial charge in [-0.05, 0) is 32.0 Å². The van der Waals surface area contributed by atoms with Gasteiger partial charge in [0.05, 0.1) is 29.2 Å². The lowest BCUT2D eigenvalue weighted by atomic mass is 9.86. The Kier molecular flexibility index (Phi) is 3.95. The Labute approximate surface area is 171 Å². The van der Waals surface area contributed by atoms with Crippen molar-refractivity contribution in [3.05, 3.63) is 46.9 Å². The Morgan fingerprint density at radius 3 is 2.86 bits per heavy atom. The number of hydrogen-bond acceptors (Lipinski definition) is 6. The minimum Gasteiger partial charge on any atom is -0.497 e. The lowest BCUT2D eigenvalue weighted by Gasteiger charge is -2.23. The summed E-state index contributed by atoms with van der Waals surface area (Å²) >= 11 is 1.51. The van der Waals surface area contributed by atoms with Crippen LogP contribution in [0.25, 0.3) is 15.3 Å². The van der Waals surface area contributed by atoms with E-state index in [1.54, 1.807) is 11.8 Å². The molecule has 0 bridgehead atoms. The molecule has 0 radical (unpaired) electrons. The number of ether oxygens (including phenoxy) is 1. The van der Waals surface area contributed by atoms with Gasteiger partial charge in [-0.15, -0.1) is 0 Å². The second kappa shape index (κ2) is 6.41. The van der Waals surface area contributed by atoms with Crippen molar-refractivity contribution in [3.63, 3.8) is 0 Å². The van der Waals surface area contributed by atoms with Crippen LogP contribution in [0.2, 0.25) is 0 Å². The molecule has 1 amide bonds. The molecule has 1 aliphatic heterocycles. The van der Waals surface area contributed by atoms with Crippen molar-refractivity contribution < 1.29 is 9.53 Å². The average molecular weight is 408 g/mol. The molecule has 4 heterocycles. The van der Waals surface area contributed by atoms with Gasteiger partial charge >= 0.3 is 0 Å². The highest BCUT2D eigenvalue weighted by atomic mass is 32.1. The summed E-state index contributed by atoms with van der Waals surface area (Å²) < 4.78 is 9.90. The minimum absolute atomic E-state index is 0.0327. The van der Waals surface area contributed by atoms with Crippen LogP contribution < -0.4 is 10.1 Å². The Hall–Kier alpha value is -3.20. The van der Waals surface area contributed by atoms with Gasteiger partial charge in [-0.3, -0.25) is 9.48 Å². The number of carbonyl (C=O) groups is 1. The van der Waals surface area contributed by atoms with Gasteiger partial charge in [0.1, 0.15) is 11.6 Å². The van der Waals surface area contributed by atoms with Gasteiger partial charge in [-0.1, -0.05) is 11.3 Å². The Morgan fingerprint density at radius 1 is 1.31 bits per heavy atom. The van der Waals surface area contributed by atoms with Crippen LogP contribution in [0.15, 0.2) is 24.4 Å². The molecule has 3 aromatic heterocycles. The number of nitrogens with zero attached hydrogens (tertiary/aromatic N) is 5. The van der Waals surface area contributed by atoms with Gasteiger partial charge in [0, 0.05) is 36.2 Å². The highest BCUT2D eigenvalue weighted by Crippen LogP contribution is 2.42. The number of carbonyl (C=O) groups excluding carboxylic acids is 1. The molecular weight excluding hydrogens is 388 g/mol. The van der Waals surface area contributed by atoms with Crippen LogP contribution in [0.1, 0.15) is 34.9 Å². The van der Waals surface area contributed by atoms with Gasteiger partial charge in [-0.25, -0.2) is 4.98 Å². The van der Waals surface area contributed by atoms with E-state index in [-0.39, 0.29) is 11.8 Å². The normalized spacial score (nSPS) is 16.1. The number of benzene rings is 1. The summed E-state index contributed by atoms with van der Waals surface area (Å²) in [5.41, 5.74) is 4.88. The molecule has 0 spiro atoms.